The molecular formula is C51H30F6N2O8. The van der Waals surface area contributed by atoms with Gasteiger partial charge >= 0.3 is 12.4 Å². The number of benzene rings is 7. The SMILES string of the molecule is CC(=O)c1ccc(Oc2cccc(N3C(=O)c4ccc(C(c5ccc6c(c5)C(=O)N(c5cccc(Oc7cccc(Oc8ccccc8)c7)c5)C6=O)(C(F)(F)F)C(F)(F)F)cc4C3=O)c2)cc1. The number of halogens is 6. The van der Waals surface area contributed by atoms with Crippen LogP contribution < -0.4 is 24.0 Å². The standard InChI is InChI=1S/C51H30F6N2O8/c1-29(60)30-16-20-36(21-17-30)66-37-12-5-8-33(26-37)58-45(61)41-22-18-31(24-43(41)47(58)63)49(50(52,53)54,51(55,56)57)32-19-23-42-44(25-32)48(64)59(46(42)62)34-9-6-13-38(27-34)67-40-15-7-14-39(28-40)65-35-10-3-2-4-11-35/h2-28H,1H3. The highest BCUT2D eigenvalue weighted by molar-refractivity contribution is 6.35. The van der Waals surface area contributed by atoms with Crippen LogP contribution in [0.15, 0.2) is 164 Å². The minimum atomic E-state index is -6.17. The van der Waals surface area contributed by atoms with Crippen LogP contribution >= 0.6 is 0 Å². The topological polar surface area (TPSA) is 120 Å². The summed E-state index contributed by atoms with van der Waals surface area (Å²) >= 11 is 0. The van der Waals surface area contributed by atoms with Crippen molar-refractivity contribution in [1.29, 1.82) is 0 Å². The number of alkyl halides is 6. The highest BCUT2D eigenvalue weighted by Crippen LogP contribution is 2.57. The second-order valence-corrected chi connectivity index (χ2v) is 15.3. The van der Waals surface area contributed by atoms with Crippen molar-refractivity contribution in [1.82, 2.24) is 0 Å². The molecule has 0 N–H and O–H groups in total. The zero-order valence-electron chi connectivity index (χ0n) is 34.5. The van der Waals surface area contributed by atoms with E-state index in [1.54, 1.807) is 48.5 Å². The van der Waals surface area contributed by atoms with E-state index < -0.39 is 74.8 Å². The summed E-state index contributed by atoms with van der Waals surface area (Å²) in [4.78, 5) is 68.0. The van der Waals surface area contributed by atoms with Crippen LogP contribution in [0.1, 0.15) is 69.8 Å². The van der Waals surface area contributed by atoms with Crippen LogP contribution in [0.5, 0.6) is 34.5 Å². The second-order valence-electron chi connectivity index (χ2n) is 15.3. The predicted molar refractivity (Wildman–Crippen MR) is 230 cm³/mol. The molecule has 10 nitrogen and oxygen atoms in total. The summed E-state index contributed by atoms with van der Waals surface area (Å²) in [5.74, 6) is -2.85. The third-order valence-electron chi connectivity index (χ3n) is 11.2. The molecular weight excluding hydrogens is 883 g/mol. The molecule has 0 aliphatic carbocycles. The van der Waals surface area contributed by atoms with Crippen LogP contribution in [0.25, 0.3) is 0 Å². The zero-order chi connectivity index (χ0) is 47.4. The fourth-order valence-corrected chi connectivity index (χ4v) is 8.03. The molecule has 0 unspecified atom stereocenters. The Hall–Kier alpha value is -8.53. The fraction of sp³-hybridized carbons (Fsp3) is 0.0784. The molecule has 2 aliphatic rings. The second kappa shape index (κ2) is 16.5. The molecule has 0 aromatic heterocycles. The number of ether oxygens (including phenoxy) is 3. The van der Waals surface area contributed by atoms with E-state index in [9.17, 15) is 24.0 Å². The number of carbonyl (C=O) groups is 5. The molecule has 16 heteroatoms. The minimum absolute atomic E-state index is 0.0911. The molecule has 0 atom stereocenters. The Morgan fingerprint density at radius 1 is 0.403 bits per heavy atom. The van der Waals surface area contributed by atoms with Crippen molar-refractivity contribution in [3.05, 3.63) is 203 Å². The lowest BCUT2D eigenvalue weighted by Crippen LogP contribution is -2.55. The van der Waals surface area contributed by atoms with Gasteiger partial charge in [-0.15, -0.1) is 0 Å². The van der Waals surface area contributed by atoms with E-state index in [1.807, 2.05) is 6.07 Å². The summed E-state index contributed by atoms with van der Waals surface area (Å²) < 4.78 is 111. The number of fused-ring (bicyclic) bond motifs is 2. The highest BCUT2D eigenvalue weighted by atomic mass is 19.4. The maximum absolute atomic E-state index is 15.5. The lowest BCUT2D eigenvalue weighted by atomic mass is 9.71. The van der Waals surface area contributed by atoms with Gasteiger partial charge in [-0.25, -0.2) is 9.80 Å². The average molecular weight is 913 g/mol. The molecule has 0 fully saturated rings. The molecule has 4 amide bonds. The predicted octanol–water partition coefficient (Wildman–Crippen LogP) is 12.3. The van der Waals surface area contributed by atoms with Crippen LogP contribution in [0.2, 0.25) is 0 Å². The first-order valence-corrected chi connectivity index (χ1v) is 20.1. The number of amides is 4. The number of ketones is 1. The van der Waals surface area contributed by atoms with E-state index >= 15 is 26.3 Å². The van der Waals surface area contributed by atoms with E-state index in [4.69, 9.17) is 14.2 Å². The Bertz CT molecular complexity index is 3160. The van der Waals surface area contributed by atoms with Crippen molar-refractivity contribution in [2.75, 3.05) is 9.80 Å². The van der Waals surface area contributed by atoms with Gasteiger partial charge in [0.25, 0.3) is 23.6 Å². The van der Waals surface area contributed by atoms with E-state index in [0.29, 0.717) is 69.0 Å². The monoisotopic (exact) mass is 912 g/mol. The van der Waals surface area contributed by atoms with E-state index in [-0.39, 0.29) is 34.4 Å². The number of para-hydroxylation sites is 1. The molecule has 67 heavy (non-hydrogen) atoms. The van der Waals surface area contributed by atoms with Gasteiger partial charge < -0.3 is 14.2 Å². The van der Waals surface area contributed by atoms with Crippen LogP contribution in [-0.4, -0.2) is 41.8 Å². The molecule has 2 heterocycles. The van der Waals surface area contributed by atoms with Crippen LogP contribution in [0, 0.1) is 0 Å². The van der Waals surface area contributed by atoms with E-state index in [0.717, 1.165) is 0 Å². The van der Waals surface area contributed by atoms with Gasteiger partial charge in [0.05, 0.1) is 33.6 Å². The van der Waals surface area contributed by atoms with Gasteiger partial charge in [0, 0.05) is 23.8 Å². The summed E-state index contributed by atoms with van der Waals surface area (Å²) in [6, 6.07) is 35.6. The molecule has 0 saturated carbocycles. The summed E-state index contributed by atoms with van der Waals surface area (Å²) in [5.41, 5.74) is -10.0. The molecule has 0 bridgehead atoms. The Morgan fingerprint density at radius 2 is 0.776 bits per heavy atom. The highest BCUT2D eigenvalue weighted by Gasteiger charge is 2.73. The number of hydrogen-bond donors (Lipinski definition) is 0. The Morgan fingerprint density at radius 3 is 1.21 bits per heavy atom. The van der Waals surface area contributed by atoms with Crippen molar-refractivity contribution < 1.29 is 64.5 Å². The Labute approximate surface area is 376 Å². The zero-order valence-corrected chi connectivity index (χ0v) is 34.5. The normalized spacial score (nSPS) is 13.7. The van der Waals surface area contributed by atoms with Gasteiger partial charge in [-0.2, -0.15) is 26.3 Å². The first-order chi connectivity index (χ1) is 31.9. The summed E-state index contributed by atoms with van der Waals surface area (Å²) in [6.45, 7) is 1.38. The van der Waals surface area contributed by atoms with Crippen LogP contribution in [-0.2, 0) is 5.41 Å². The van der Waals surface area contributed by atoms with Gasteiger partial charge in [-0.1, -0.05) is 48.5 Å². The number of carbonyl (C=O) groups excluding carboxylic acids is 5. The maximum atomic E-state index is 15.5. The Balaban J connectivity index is 1.02. The average Bonchev–Trinajstić information content (AvgIpc) is 3.69. The van der Waals surface area contributed by atoms with Crippen molar-refractivity contribution in [2.45, 2.75) is 24.7 Å². The quantitative estimate of drug-likeness (QED) is 0.0715. The van der Waals surface area contributed by atoms with E-state index in [2.05, 4.69) is 0 Å². The first kappa shape index (κ1) is 43.7. The number of anilines is 2. The molecule has 7 aromatic carbocycles. The smallest absolute Gasteiger partial charge is 0.411 e. The van der Waals surface area contributed by atoms with Crippen molar-refractivity contribution in [2.24, 2.45) is 0 Å². The summed E-state index contributed by atoms with van der Waals surface area (Å²) in [5, 5.41) is 0. The number of imide groups is 2. The van der Waals surface area contributed by atoms with Crippen molar-refractivity contribution in [3.63, 3.8) is 0 Å². The third-order valence-corrected chi connectivity index (χ3v) is 11.2. The molecule has 0 spiro atoms. The lowest BCUT2D eigenvalue weighted by Gasteiger charge is -2.38. The number of nitrogens with zero attached hydrogens (tertiary/aromatic N) is 2. The molecule has 0 radical (unpaired) electrons. The van der Waals surface area contributed by atoms with Gasteiger partial charge in [0.1, 0.15) is 34.5 Å². The van der Waals surface area contributed by atoms with Gasteiger partial charge in [-0.05, 0) is 115 Å². The molecule has 7 aromatic rings. The number of rotatable bonds is 11. The largest absolute Gasteiger partial charge is 0.457 e. The third kappa shape index (κ3) is 7.71. The molecule has 334 valence electrons. The van der Waals surface area contributed by atoms with E-state index in [1.165, 1.54) is 79.7 Å². The van der Waals surface area contributed by atoms with Crippen molar-refractivity contribution >= 4 is 40.8 Å². The number of hydrogen-bond acceptors (Lipinski definition) is 8. The lowest BCUT2D eigenvalue weighted by molar-refractivity contribution is -0.288. The molecule has 2 aliphatic heterocycles. The Kier molecular flexibility index (Phi) is 10.7. The van der Waals surface area contributed by atoms with Crippen LogP contribution in [0.4, 0.5) is 37.7 Å². The fourth-order valence-electron chi connectivity index (χ4n) is 8.03. The maximum Gasteiger partial charge on any atom is 0.411 e. The van der Waals surface area contributed by atoms with Gasteiger partial charge in [0.15, 0.2) is 5.78 Å². The first-order valence-electron chi connectivity index (χ1n) is 20.1. The number of Topliss-reactive ketones (excluding diaryl/α,β-unsaturated/α-hetero) is 1. The van der Waals surface area contributed by atoms with Crippen molar-refractivity contribution in [3.8, 4) is 34.5 Å². The summed E-state index contributed by atoms with van der Waals surface area (Å²) in [7, 11) is 0. The molecule has 0 saturated heterocycles. The van der Waals surface area contributed by atoms with Crippen LogP contribution in [0.3, 0.4) is 0 Å². The summed E-state index contributed by atoms with van der Waals surface area (Å²) in [6.07, 6.45) is -12.3. The molecule has 9 rings (SSSR count). The van der Waals surface area contributed by atoms with Gasteiger partial charge in [0.2, 0.25) is 5.41 Å². The van der Waals surface area contributed by atoms with Gasteiger partial charge in [-0.3, -0.25) is 24.0 Å². The minimum Gasteiger partial charge on any atom is -0.457 e.